The Morgan fingerprint density at radius 2 is 1.88 bits per heavy atom. The van der Waals surface area contributed by atoms with Crippen LogP contribution in [-0.4, -0.2) is 34.7 Å². The molecule has 10 heteroatoms. The van der Waals surface area contributed by atoms with E-state index in [-0.39, 0.29) is 23.7 Å². The van der Waals surface area contributed by atoms with E-state index in [0.717, 1.165) is 25.0 Å². The van der Waals surface area contributed by atoms with Crippen LogP contribution in [0, 0.1) is 0 Å². The Morgan fingerprint density at radius 1 is 1.15 bits per heavy atom. The standard InChI is InChI=1S/C24H23F3N4O3/c1-2-34-19-10-8-17(9-11-19)30-21(32)14-28-23(33)20-13-29-31(22(20)15-6-7-15)18-5-3-4-16(12-18)24(25,26)27/h3-5,8-13,15H,2,6-7,14H2,1H3,(H,28,33)(H,30,32). The molecule has 3 aromatic rings. The fourth-order valence-corrected chi connectivity index (χ4v) is 3.56. The molecule has 0 radical (unpaired) electrons. The van der Waals surface area contributed by atoms with Crippen LogP contribution in [0.15, 0.2) is 54.7 Å². The summed E-state index contributed by atoms with van der Waals surface area (Å²) in [7, 11) is 0. The van der Waals surface area contributed by atoms with Gasteiger partial charge in [0.2, 0.25) is 5.91 Å². The van der Waals surface area contributed by atoms with E-state index in [2.05, 4.69) is 15.7 Å². The van der Waals surface area contributed by atoms with Gasteiger partial charge in [0, 0.05) is 11.6 Å². The second-order valence-corrected chi connectivity index (χ2v) is 7.87. The number of halogens is 3. The molecule has 2 aromatic carbocycles. The normalized spacial score (nSPS) is 13.4. The fraction of sp³-hybridized carbons (Fsp3) is 0.292. The first-order valence-electron chi connectivity index (χ1n) is 10.8. The summed E-state index contributed by atoms with van der Waals surface area (Å²) in [5, 5.41) is 9.43. The average molecular weight is 472 g/mol. The van der Waals surface area contributed by atoms with Gasteiger partial charge in [0.25, 0.3) is 5.91 Å². The molecule has 1 aliphatic carbocycles. The molecule has 34 heavy (non-hydrogen) atoms. The van der Waals surface area contributed by atoms with Crippen LogP contribution in [0.1, 0.15) is 47.3 Å². The van der Waals surface area contributed by atoms with Crippen molar-refractivity contribution in [3.8, 4) is 11.4 Å². The first kappa shape index (κ1) is 23.3. The number of hydrogen-bond acceptors (Lipinski definition) is 4. The number of nitrogens with one attached hydrogen (secondary N) is 2. The van der Waals surface area contributed by atoms with Gasteiger partial charge in [0.1, 0.15) is 5.75 Å². The van der Waals surface area contributed by atoms with Gasteiger partial charge in [-0.2, -0.15) is 18.3 Å². The van der Waals surface area contributed by atoms with E-state index < -0.39 is 23.6 Å². The maximum Gasteiger partial charge on any atom is 0.416 e. The highest BCUT2D eigenvalue weighted by Crippen LogP contribution is 2.42. The van der Waals surface area contributed by atoms with E-state index in [9.17, 15) is 22.8 Å². The zero-order valence-corrected chi connectivity index (χ0v) is 18.4. The summed E-state index contributed by atoms with van der Waals surface area (Å²) < 4.78 is 46.1. The number of amides is 2. The number of carbonyl (C=O) groups is 2. The lowest BCUT2D eigenvalue weighted by atomic mass is 10.1. The second-order valence-electron chi connectivity index (χ2n) is 7.87. The van der Waals surface area contributed by atoms with E-state index in [1.807, 2.05) is 6.92 Å². The monoisotopic (exact) mass is 472 g/mol. The van der Waals surface area contributed by atoms with Crippen LogP contribution in [0.2, 0.25) is 0 Å². The van der Waals surface area contributed by atoms with E-state index in [0.29, 0.717) is 23.7 Å². The Hall–Kier alpha value is -3.82. The molecule has 1 saturated carbocycles. The molecule has 1 heterocycles. The predicted molar refractivity (Wildman–Crippen MR) is 119 cm³/mol. The van der Waals surface area contributed by atoms with Crippen molar-refractivity contribution >= 4 is 17.5 Å². The van der Waals surface area contributed by atoms with Crippen LogP contribution in [0.25, 0.3) is 5.69 Å². The quantitative estimate of drug-likeness (QED) is 0.504. The fourth-order valence-electron chi connectivity index (χ4n) is 3.56. The lowest BCUT2D eigenvalue weighted by molar-refractivity contribution is -0.137. The minimum atomic E-state index is -4.49. The molecule has 4 rings (SSSR count). The van der Waals surface area contributed by atoms with Gasteiger partial charge >= 0.3 is 6.18 Å². The number of carbonyl (C=O) groups excluding carboxylic acids is 2. The van der Waals surface area contributed by atoms with Crippen molar-refractivity contribution in [2.24, 2.45) is 0 Å². The molecule has 1 aromatic heterocycles. The Labute approximate surface area is 193 Å². The summed E-state index contributed by atoms with van der Waals surface area (Å²) in [6, 6.07) is 11.6. The highest BCUT2D eigenvalue weighted by molar-refractivity contribution is 6.00. The predicted octanol–water partition coefficient (Wildman–Crippen LogP) is 4.54. The van der Waals surface area contributed by atoms with E-state index in [4.69, 9.17) is 4.74 Å². The lowest BCUT2D eigenvalue weighted by Gasteiger charge is -2.12. The number of hydrogen-bond donors (Lipinski definition) is 2. The number of nitrogens with zero attached hydrogens (tertiary/aromatic N) is 2. The van der Waals surface area contributed by atoms with Crippen LogP contribution in [0.4, 0.5) is 18.9 Å². The van der Waals surface area contributed by atoms with Crippen molar-refractivity contribution < 1.29 is 27.5 Å². The molecule has 0 aliphatic heterocycles. The number of rotatable bonds is 8. The number of aromatic nitrogens is 2. The highest BCUT2D eigenvalue weighted by atomic mass is 19.4. The van der Waals surface area contributed by atoms with Gasteiger partial charge in [-0.1, -0.05) is 6.07 Å². The molecule has 0 unspecified atom stereocenters. The smallest absolute Gasteiger partial charge is 0.416 e. The molecule has 0 spiro atoms. The van der Waals surface area contributed by atoms with E-state index in [1.165, 1.54) is 23.0 Å². The van der Waals surface area contributed by atoms with Crippen molar-refractivity contribution in [3.63, 3.8) is 0 Å². The largest absolute Gasteiger partial charge is 0.494 e. The summed E-state index contributed by atoms with van der Waals surface area (Å²) in [5.41, 5.74) is 0.777. The van der Waals surface area contributed by atoms with Gasteiger partial charge in [-0.15, -0.1) is 0 Å². The minimum Gasteiger partial charge on any atom is -0.494 e. The molecule has 2 N–H and O–H groups in total. The van der Waals surface area contributed by atoms with Crippen molar-refractivity contribution in [1.82, 2.24) is 15.1 Å². The summed E-state index contributed by atoms with van der Waals surface area (Å²) in [4.78, 5) is 25.1. The summed E-state index contributed by atoms with van der Waals surface area (Å²) in [6.45, 7) is 2.13. The molecular formula is C24H23F3N4O3. The minimum absolute atomic E-state index is 0.0236. The van der Waals surface area contributed by atoms with Crippen molar-refractivity contribution in [2.45, 2.75) is 31.9 Å². The van der Waals surface area contributed by atoms with Crippen LogP contribution >= 0.6 is 0 Å². The zero-order valence-electron chi connectivity index (χ0n) is 18.4. The molecular weight excluding hydrogens is 449 g/mol. The molecule has 1 aliphatic rings. The Kier molecular flexibility index (Phi) is 6.58. The maximum absolute atomic E-state index is 13.1. The van der Waals surface area contributed by atoms with Crippen LogP contribution in [0.5, 0.6) is 5.75 Å². The third-order valence-corrected chi connectivity index (χ3v) is 5.29. The molecule has 7 nitrogen and oxygen atoms in total. The Bertz CT molecular complexity index is 1180. The number of benzene rings is 2. The summed E-state index contributed by atoms with van der Waals surface area (Å²) in [6.07, 6.45) is -1.54. The van der Waals surface area contributed by atoms with Gasteiger partial charge in [0.15, 0.2) is 0 Å². The lowest BCUT2D eigenvalue weighted by Crippen LogP contribution is -2.33. The van der Waals surface area contributed by atoms with Crippen molar-refractivity contribution in [1.29, 1.82) is 0 Å². The van der Waals surface area contributed by atoms with Crippen LogP contribution in [0.3, 0.4) is 0 Å². The van der Waals surface area contributed by atoms with Gasteiger partial charge in [-0.25, -0.2) is 4.68 Å². The summed E-state index contributed by atoms with van der Waals surface area (Å²) in [5.74, 6) is -0.229. The van der Waals surface area contributed by atoms with E-state index in [1.54, 1.807) is 24.3 Å². The van der Waals surface area contributed by atoms with E-state index >= 15 is 0 Å². The number of alkyl halides is 3. The summed E-state index contributed by atoms with van der Waals surface area (Å²) >= 11 is 0. The SMILES string of the molecule is CCOc1ccc(NC(=O)CNC(=O)c2cnn(-c3cccc(C(F)(F)F)c3)c2C2CC2)cc1. The third kappa shape index (κ3) is 5.38. The van der Waals surface area contributed by atoms with Crippen LogP contribution < -0.4 is 15.4 Å². The van der Waals surface area contributed by atoms with Gasteiger partial charge in [-0.3, -0.25) is 9.59 Å². The van der Waals surface area contributed by atoms with Crippen molar-refractivity contribution in [3.05, 3.63) is 71.5 Å². The molecule has 1 fully saturated rings. The maximum atomic E-state index is 13.1. The number of anilines is 1. The zero-order chi connectivity index (χ0) is 24.3. The first-order chi connectivity index (χ1) is 16.3. The van der Waals surface area contributed by atoms with Crippen LogP contribution in [-0.2, 0) is 11.0 Å². The molecule has 2 amide bonds. The molecule has 0 bridgehead atoms. The van der Waals surface area contributed by atoms with Gasteiger partial charge in [-0.05, 0) is 62.2 Å². The topological polar surface area (TPSA) is 85.2 Å². The Morgan fingerprint density at radius 3 is 2.53 bits per heavy atom. The third-order valence-electron chi connectivity index (χ3n) is 5.29. The van der Waals surface area contributed by atoms with Crippen molar-refractivity contribution in [2.75, 3.05) is 18.5 Å². The molecule has 0 atom stereocenters. The first-order valence-corrected chi connectivity index (χ1v) is 10.8. The second kappa shape index (κ2) is 9.58. The molecule has 178 valence electrons. The highest BCUT2D eigenvalue weighted by Gasteiger charge is 2.34. The Balaban J connectivity index is 1.45. The van der Waals surface area contributed by atoms with Gasteiger partial charge < -0.3 is 15.4 Å². The number of ether oxygens (including phenoxy) is 1. The molecule has 0 saturated heterocycles. The van der Waals surface area contributed by atoms with Gasteiger partial charge in [0.05, 0.1) is 41.9 Å². The average Bonchev–Trinajstić information content (AvgIpc) is 3.56.